The van der Waals surface area contributed by atoms with Crippen molar-refractivity contribution in [2.45, 2.75) is 13.0 Å². The summed E-state index contributed by atoms with van der Waals surface area (Å²) in [5, 5.41) is 7.63. The molecule has 0 bridgehead atoms. The highest BCUT2D eigenvalue weighted by Crippen LogP contribution is 2.23. The van der Waals surface area contributed by atoms with Crippen LogP contribution in [0, 0.1) is 0 Å². The Hall–Kier alpha value is -2.21. The Labute approximate surface area is 131 Å². The second-order valence-electron chi connectivity index (χ2n) is 4.64. The Bertz CT molecular complexity index is 726. The van der Waals surface area contributed by atoms with Crippen molar-refractivity contribution < 1.29 is 0 Å². The first kappa shape index (κ1) is 13.8. The van der Waals surface area contributed by atoms with Gasteiger partial charge in [0.1, 0.15) is 12.1 Å². The molecule has 0 saturated carbocycles. The van der Waals surface area contributed by atoms with Gasteiger partial charge < -0.3 is 5.32 Å². The van der Waals surface area contributed by atoms with Gasteiger partial charge in [-0.25, -0.2) is 9.97 Å². The molecule has 3 aromatic rings. The van der Waals surface area contributed by atoms with Crippen LogP contribution in [0.3, 0.4) is 0 Å². The van der Waals surface area contributed by atoms with Gasteiger partial charge in [0, 0.05) is 12.4 Å². The van der Waals surface area contributed by atoms with Crippen LogP contribution in [0.25, 0.3) is 0 Å². The van der Waals surface area contributed by atoms with E-state index in [1.54, 1.807) is 12.4 Å². The van der Waals surface area contributed by atoms with E-state index in [1.165, 1.54) is 11.9 Å². The average molecular weight is 344 g/mol. The molecule has 1 aromatic carbocycles. The fraction of sp³-hybridized carbons (Fsp3) is 0.133. The predicted molar refractivity (Wildman–Crippen MR) is 85.5 cm³/mol. The van der Waals surface area contributed by atoms with Gasteiger partial charge in [-0.2, -0.15) is 5.10 Å². The van der Waals surface area contributed by atoms with Crippen LogP contribution in [0.15, 0.2) is 59.7 Å². The molecular formula is C15H14BrN5. The van der Waals surface area contributed by atoms with Crippen molar-refractivity contribution >= 4 is 27.4 Å². The second-order valence-corrected chi connectivity index (χ2v) is 5.49. The van der Waals surface area contributed by atoms with E-state index < -0.39 is 0 Å². The maximum absolute atomic E-state index is 4.41. The number of rotatable bonds is 4. The third-order valence-corrected chi connectivity index (χ3v) is 3.79. The molecule has 0 saturated heterocycles. The minimum atomic E-state index is 0.176. The largest absolute Gasteiger partial charge is 0.337 e. The topological polar surface area (TPSA) is 55.6 Å². The van der Waals surface area contributed by atoms with Crippen LogP contribution < -0.4 is 5.32 Å². The number of benzene rings is 1. The number of hydrogen-bond acceptors (Lipinski definition) is 4. The van der Waals surface area contributed by atoms with E-state index in [1.807, 2.05) is 29.1 Å². The third-order valence-electron chi connectivity index (χ3n) is 3.21. The second kappa shape index (κ2) is 6.05. The maximum atomic E-state index is 4.41. The first-order chi connectivity index (χ1) is 10.2. The van der Waals surface area contributed by atoms with Crippen LogP contribution in [0.5, 0.6) is 0 Å². The van der Waals surface area contributed by atoms with Crippen molar-refractivity contribution in [2.75, 3.05) is 5.32 Å². The Kier molecular flexibility index (Phi) is 3.96. The molecule has 0 radical (unpaired) electrons. The summed E-state index contributed by atoms with van der Waals surface area (Å²) in [5.74, 6) is 0.719. The molecule has 1 N–H and O–H groups in total. The van der Waals surface area contributed by atoms with Gasteiger partial charge in [0.05, 0.1) is 22.4 Å². The van der Waals surface area contributed by atoms with E-state index >= 15 is 0 Å². The average Bonchev–Trinajstić information content (AvgIpc) is 2.98. The van der Waals surface area contributed by atoms with Crippen molar-refractivity contribution in [2.24, 2.45) is 0 Å². The lowest BCUT2D eigenvalue weighted by molar-refractivity contribution is 0.565. The fourth-order valence-electron chi connectivity index (χ4n) is 2.04. The lowest BCUT2D eigenvalue weighted by Gasteiger charge is -2.12. The summed E-state index contributed by atoms with van der Waals surface area (Å²) in [4.78, 5) is 8.12. The van der Waals surface area contributed by atoms with Crippen LogP contribution in [-0.2, 0) is 0 Å². The van der Waals surface area contributed by atoms with E-state index in [2.05, 4.69) is 55.4 Å². The highest BCUT2D eigenvalue weighted by molar-refractivity contribution is 9.10. The van der Waals surface area contributed by atoms with E-state index in [9.17, 15) is 0 Å². The zero-order valence-electron chi connectivity index (χ0n) is 11.4. The van der Waals surface area contributed by atoms with Gasteiger partial charge in [0.15, 0.2) is 0 Å². The molecule has 3 rings (SSSR count). The summed E-state index contributed by atoms with van der Waals surface area (Å²) in [6.45, 7) is 2.12. The van der Waals surface area contributed by atoms with Gasteiger partial charge in [-0.05, 0) is 28.4 Å². The van der Waals surface area contributed by atoms with E-state index in [0.29, 0.717) is 0 Å². The molecule has 0 aliphatic carbocycles. The van der Waals surface area contributed by atoms with E-state index in [4.69, 9.17) is 0 Å². The van der Waals surface area contributed by atoms with Crippen LogP contribution >= 0.6 is 15.9 Å². The van der Waals surface area contributed by atoms with Gasteiger partial charge in [-0.1, -0.05) is 30.3 Å². The summed E-state index contributed by atoms with van der Waals surface area (Å²) < 4.78 is 2.74. The lowest BCUT2D eigenvalue weighted by Crippen LogP contribution is -2.06. The first-order valence-electron chi connectivity index (χ1n) is 6.55. The van der Waals surface area contributed by atoms with Gasteiger partial charge in [-0.15, -0.1) is 0 Å². The minimum absolute atomic E-state index is 0.176. The molecule has 0 spiro atoms. The van der Waals surface area contributed by atoms with Crippen LogP contribution in [0.1, 0.15) is 18.5 Å². The zero-order valence-corrected chi connectivity index (χ0v) is 13.0. The molecule has 21 heavy (non-hydrogen) atoms. The number of nitrogens with zero attached hydrogens (tertiary/aromatic N) is 4. The summed E-state index contributed by atoms with van der Waals surface area (Å²) >= 11 is 3.41. The molecule has 1 atom stereocenters. The number of halogens is 1. The van der Waals surface area contributed by atoms with E-state index in [0.717, 1.165) is 16.0 Å². The van der Waals surface area contributed by atoms with Gasteiger partial charge >= 0.3 is 0 Å². The van der Waals surface area contributed by atoms with Gasteiger partial charge in [0.2, 0.25) is 0 Å². The molecule has 0 fully saturated rings. The number of anilines is 2. The Morgan fingerprint density at radius 2 is 2.00 bits per heavy atom. The molecule has 6 heteroatoms. The number of aromatic nitrogens is 4. The zero-order chi connectivity index (χ0) is 14.7. The first-order valence-corrected chi connectivity index (χ1v) is 7.35. The summed E-state index contributed by atoms with van der Waals surface area (Å²) in [6.07, 6.45) is 6.96. The molecule has 5 nitrogen and oxygen atoms in total. The standard InChI is InChI=1S/C15H14BrN5/c1-11(12-5-3-2-4-6-12)21-9-13(7-19-21)20-15-14(16)8-17-10-18-15/h2-11H,1H3,(H,17,18,20). The van der Waals surface area contributed by atoms with Crippen molar-refractivity contribution in [3.05, 3.63) is 65.3 Å². The monoisotopic (exact) mass is 343 g/mol. The normalized spacial score (nSPS) is 12.1. The Balaban J connectivity index is 1.79. The lowest BCUT2D eigenvalue weighted by atomic mass is 10.1. The van der Waals surface area contributed by atoms with Crippen LogP contribution in [0.4, 0.5) is 11.5 Å². The highest BCUT2D eigenvalue weighted by atomic mass is 79.9. The van der Waals surface area contributed by atoms with Crippen molar-refractivity contribution in [1.82, 2.24) is 19.7 Å². The number of nitrogens with one attached hydrogen (secondary N) is 1. The van der Waals surface area contributed by atoms with Crippen molar-refractivity contribution in [3.63, 3.8) is 0 Å². The summed E-state index contributed by atoms with van der Waals surface area (Å²) in [5.41, 5.74) is 2.10. The smallest absolute Gasteiger partial charge is 0.148 e. The SMILES string of the molecule is CC(c1ccccc1)n1cc(Nc2ncncc2Br)cn1. The minimum Gasteiger partial charge on any atom is -0.337 e. The fourth-order valence-corrected chi connectivity index (χ4v) is 2.36. The molecule has 2 aromatic heterocycles. The van der Waals surface area contributed by atoms with E-state index in [-0.39, 0.29) is 6.04 Å². The molecule has 106 valence electrons. The van der Waals surface area contributed by atoms with Crippen molar-refractivity contribution in [1.29, 1.82) is 0 Å². The van der Waals surface area contributed by atoms with Gasteiger partial charge in [-0.3, -0.25) is 4.68 Å². The predicted octanol–water partition coefficient (Wildman–Crippen LogP) is 3.79. The maximum Gasteiger partial charge on any atom is 0.148 e. The molecule has 1 unspecified atom stereocenters. The molecule has 0 aliphatic heterocycles. The summed E-state index contributed by atoms with van der Waals surface area (Å²) in [7, 11) is 0. The van der Waals surface area contributed by atoms with Crippen LogP contribution in [-0.4, -0.2) is 19.7 Å². The molecule has 0 aliphatic rings. The van der Waals surface area contributed by atoms with Crippen molar-refractivity contribution in [3.8, 4) is 0 Å². The van der Waals surface area contributed by atoms with Crippen LogP contribution in [0.2, 0.25) is 0 Å². The quantitative estimate of drug-likeness (QED) is 0.782. The highest BCUT2D eigenvalue weighted by Gasteiger charge is 2.10. The Morgan fingerprint density at radius 3 is 2.76 bits per heavy atom. The summed E-state index contributed by atoms with van der Waals surface area (Å²) in [6, 6.07) is 10.5. The number of hydrogen-bond donors (Lipinski definition) is 1. The Morgan fingerprint density at radius 1 is 1.19 bits per heavy atom. The molecule has 0 amide bonds. The molecule has 2 heterocycles. The third kappa shape index (κ3) is 3.11. The molecular weight excluding hydrogens is 330 g/mol. The van der Waals surface area contributed by atoms with Gasteiger partial charge in [0.25, 0.3) is 0 Å².